The third-order valence-corrected chi connectivity index (χ3v) is 3.36. The third kappa shape index (κ3) is 1.59. The van der Waals surface area contributed by atoms with Crippen LogP contribution in [0, 0.1) is 10.1 Å². The number of benzene rings is 1. The Hall–Kier alpha value is -1.89. The number of nitro groups is 1. The molecule has 7 nitrogen and oxygen atoms in total. The van der Waals surface area contributed by atoms with Crippen molar-refractivity contribution in [3.8, 4) is 0 Å². The Morgan fingerprint density at radius 2 is 2.00 bits per heavy atom. The highest BCUT2D eigenvalue weighted by Gasteiger charge is 2.29. The molecular formula is C10H9ClN4O3. The van der Waals surface area contributed by atoms with Gasteiger partial charge in [-0.1, -0.05) is 11.6 Å². The number of nitro benzene ring substituents is 1. The Bertz CT molecular complexity index is 621. The lowest BCUT2D eigenvalue weighted by molar-refractivity contribution is -0.382. The van der Waals surface area contributed by atoms with Crippen molar-refractivity contribution in [1.82, 2.24) is 10.3 Å². The van der Waals surface area contributed by atoms with E-state index in [4.69, 9.17) is 11.6 Å². The molecule has 3 rings (SSSR count). The summed E-state index contributed by atoms with van der Waals surface area (Å²) in [4.78, 5) is 12.7. The lowest BCUT2D eigenvalue weighted by atomic mass is 10.2. The smallest absolute Gasteiger partial charge is 0.323 e. The Labute approximate surface area is 106 Å². The van der Waals surface area contributed by atoms with Crippen LogP contribution in [0.15, 0.2) is 10.7 Å². The summed E-state index contributed by atoms with van der Waals surface area (Å²) < 4.78 is 4.55. The summed E-state index contributed by atoms with van der Waals surface area (Å²) in [5.74, 6) is 0. The molecule has 1 aromatic carbocycles. The van der Waals surface area contributed by atoms with E-state index in [9.17, 15) is 10.1 Å². The van der Waals surface area contributed by atoms with Gasteiger partial charge >= 0.3 is 5.69 Å². The molecule has 1 aromatic heterocycles. The molecule has 8 heteroatoms. The highest BCUT2D eigenvalue weighted by Crippen LogP contribution is 2.39. The van der Waals surface area contributed by atoms with Crippen LogP contribution < -0.4 is 4.90 Å². The summed E-state index contributed by atoms with van der Waals surface area (Å²) in [6.07, 6.45) is 2.04. The topological polar surface area (TPSA) is 85.3 Å². The number of halogens is 1. The summed E-state index contributed by atoms with van der Waals surface area (Å²) >= 11 is 6.05. The van der Waals surface area contributed by atoms with Gasteiger partial charge in [-0.15, -0.1) is 0 Å². The average Bonchev–Trinajstić information content (AvgIpc) is 2.99. The van der Waals surface area contributed by atoms with Gasteiger partial charge in [-0.2, -0.15) is 0 Å². The Morgan fingerprint density at radius 1 is 1.33 bits per heavy atom. The molecule has 94 valence electrons. The number of rotatable bonds is 2. The first-order valence-corrected chi connectivity index (χ1v) is 5.90. The van der Waals surface area contributed by atoms with E-state index in [1.165, 1.54) is 0 Å². The van der Waals surface area contributed by atoms with Crippen molar-refractivity contribution in [2.75, 3.05) is 18.0 Å². The van der Waals surface area contributed by atoms with E-state index in [0.29, 0.717) is 10.7 Å². The van der Waals surface area contributed by atoms with Crippen molar-refractivity contribution in [1.29, 1.82) is 0 Å². The van der Waals surface area contributed by atoms with Crippen LogP contribution in [0.3, 0.4) is 0 Å². The molecule has 2 heterocycles. The lowest BCUT2D eigenvalue weighted by Crippen LogP contribution is -2.19. The van der Waals surface area contributed by atoms with Gasteiger partial charge in [-0.3, -0.25) is 10.1 Å². The summed E-state index contributed by atoms with van der Waals surface area (Å²) in [5.41, 5.74) is 0.740. The zero-order valence-electron chi connectivity index (χ0n) is 9.30. The van der Waals surface area contributed by atoms with E-state index in [1.54, 1.807) is 6.07 Å². The van der Waals surface area contributed by atoms with Crippen molar-refractivity contribution in [2.45, 2.75) is 12.8 Å². The van der Waals surface area contributed by atoms with Gasteiger partial charge in [0.2, 0.25) is 5.52 Å². The van der Waals surface area contributed by atoms with Gasteiger partial charge < -0.3 is 4.90 Å². The van der Waals surface area contributed by atoms with Crippen LogP contribution in [0.1, 0.15) is 12.8 Å². The normalized spacial score (nSPS) is 15.5. The van der Waals surface area contributed by atoms with E-state index in [-0.39, 0.29) is 16.7 Å². The number of anilines is 1. The van der Waals surface area contributed by atoms with E-state index >= 15 is 0 Å². The molecule has 18 heavy (non-hydrogen) atoms. The van der Waals surface area contributed by atoms with E-state index in [1.807, 2.05) is 4.90 Å². The molecule has 1 fully saturated rings. The first-order valence-electron chi connectivity index (χ1n) is 5.52. The molecule has 1 saturated heterocycles. The molecule has 1 aliphatic heterocycles. The number of aromatic nitrogens is 2. The summed E-state index contributed by atoms with van der Waals surface area (Å²) in [6, 6.07) is 1.57. The first-order chi connectivity index (χ1) is 8.68. The summed E-state index contributed by atoms with van der Waals surface area (Å²) in [5, 5.41) is 18.7. The molecule has 0 N–H and O–H groups in total. The number of hydrogen-bond acceptors (Lipinski definition) is 6. The largest absolute Gasteiger partial charge is 0.366 e. The average molecular weight is 269 g/mol. The van der Waals surface area contributed by atoms with Crippen LogP contribution in [0.4, 0.5) is 11.4 Å². The van der Waals surface area contributed by atoms with E-state index in [0.717, 1.165) is 25.9 Å². The summed E-state index contributed by atoms with van der Waals surface area (Å²) in [7, 11) is 0. The van der Waals surface area contributed by atoms with Crippen LogP contribution in [0.5, 0.6) is 0 Å². The van der Waals surface area contributed by atoms with Crippen LogP contribution in [0.2, 0.25) is 5.02 Å². The fraction of sp³-hybridized carbons (Fsp3) is 0.400. The van der Waals surface area contributed by atoms with Crippen LogP contribution in [0.25, 0.3) is 11.0 Å². The standard InChI is InChI=1S/C10H9ClN4O3/c11-6-5-7(14-3-1-2-4-14)10(15(16)17)9-8(6)12-18-13-9/h5H,1-4H2. The molecular weight excluding hydrogens is 260 g/mol. The minimum atomic E-state index is -0.462. The van der Waals surface area contributed by atoms with Gasteiger partial charge in [0.05, 0.1) is 9.95 Å². The van der Waals surface area contributed by atoms with Gasteiger partial charge in [-0.05, 0) is 29.2 Å². The second kappa shape index (κ2) is 4.09. The van der Waals surface area contributed by atoms with Crippen molar-refractivity contribution in [2.24, 2.45) is 0 Å². The molecule has 0 saturated carbocycles. The first kappa shape index (κ1) is 11.2. The zero-order chi connectivity index (χ0) is 12.7. The van der Waals surface area contributed by atoms with Gasteiger partial charge in [0.15, 0.2) is 5.52 Å². The molecule has 0 radical (unpaired) electrons. The molecule has 2 aromatic rings. The van der Waals surface area contributed by atoms with Crippen molar-refractivity contribution in [3.63, 3.8) is 0 Å². The van der Waals surface area contributed by atoms with Gasteiger partial charge in [-0.25, -0.2) is 4.63 Å². The monoisotopic (exact) mass is 268 g/mol. The lowest BCUT2D eigenvalue weighted by Gasteiger charge is -2.17. The molecule has 0 amide bonds. The molecule has 1 aliphatic rings. The fourth-order valence-electron chi connectivity index (χ4n) is 2.26. The van der Waals surface area contributed by atoms with Crippen LogP contribution >= 0.6 is 11.6 Å². The second-order valence-electron chi connectivity index (χ2n) is 4.14. The maximum absolute atomic E-state index is 11.2. The van der Waals surface area contributed by atoms with E-state index < -0.39 is 4.92 Å². The van der Waals surface area contributed by atoms with Gasteiger partial charge in [0.1, 0.15) is 5.69 Å². The maximum Gasteiger partial charge on any atom is 0.323 e. The molecule has 0 bridgehead atoms. The number of nitrogens with zero attached hydrogens (tertiary/aromatic N) is 4. The zero-order valence-corrected chi connectivity index (χ0v) is 10.1. The molecule has 0 unspecified atom stereocenters. The van der Waals surface area contributed by atoms with Crippen molar-refractivity contribution >= 4 is 34.0 Å². The SMILES string of the molecule is O=[N+]([O-])c1c(N2CCCC2)cc(Cl)c2nonc12. The second-order valence-corrected chi connectivity index (χ2v) is 4.55. The highest BCUT2D eigenvalue weighted by molar-refractivity contribution is 6.35. The van der Waals surface area contributed by atoms with Gasteiger partial charge in [0, 0.05) is 13.1 Å². The summed E-state index contributed by atoms with van der Waals surface area (Å²) in [6.45, 7) is 1.57. The maximum atomic E-state index is 11.2. The Morgan fingerprint density at radius 3 is 2.67 bits per heavy atom. The van der Waals surface area contributed by atoms with Gasteiger partial charge in [0.25, 0.3) is 0 Å². The van der Waals surface area contributed by atoms with Crippen LogP contribution in [-0.2, 0) is 0 Å². The van der Waals surface area contributed by atoms with Crippen LogP contribution in [-0.4, -0.2) is 28.3 Å². The van der Waals surface area contributed by atoms with Crippen molar-refractivity contribution < 1.29 is 9.55 Å². The predicted molar refractivity (Wildman–Crippen MR) is 64.9 cm³/mol. The minimum absolute atomic E-state index is 0.0856. The molecule has 0 spiro atoms. The van der Waals surface area contributed by atoms with Crippen molar-refractivity contribution in [3.05, 3.63) is 21.2 Å². The highest BCUT2D eigenvalue weighted by atomic mass is 35.5. The Kier molecular flexibility index (Phi) is 2.55. The quantitative estimate of drug-likeness (QED) is 0.614. The Balaban J connectivity index is 2.28. The fourth-order valence-corrected chi connectivity index (χ4v) is 2.49. The van der Waals surface area contributed by atoms with E-state index in [2.05, 4.69) is 14.9 Å². The number of fused-ring (bicyclic) bond motifs is 1. The predicted octanol–water partition coefficient (Wildman–Crippen LogP) is 2.38. The molecule has 0 atom stereocenters. The number of hydrogen-bond donors (Lipinski definition) is 0. The molecule has 0 aliphatic carbocycles. The third-order valence-electron chi connectivity index (χ3n) is 3.07. The minimum Gasteiger partial charge on any atom is -0.366 e.